The first-order valence-electron chi connectivity index (χ1n) is 5.92. The molecule has 1 fully saturated rings. The van der Waals surface area contributed by atoms with Crippen molar-refractivity contribution in [2.24, 2.45) is 5.92 Å². The number of rotatable bonds is 3. The van der Waals surface area contributed by atoms with E-state index in [2.05, 4.69) is 18.7 Å². The Morgan fingerprint density at radius 2 is 2.13 bits per heavy atom. The molecule has 0 aliphatic carbocycles. The second-order valence-electron chi connectivity index (χ2n) is 4.99. The highest BCUT2D eigenvalue weighted by atomic mass is 16.5. The van der Waals surface area contributed by atoms with Gasteiger partial charge in [0.2, 0.25) is 0 Å². The number of likely N-dealkylation sites (tertiary alicyclic amines) is 1. The van der Waals surface area contributed by atoms with Crippen molar-refractivity contribution in [3.8, 4) is 0 Å². The maximum atomic E-state index is 11.5. The summed E-state index contributed by atoms with van der Waals surface area (Å²) in [7, 11) is 0. The summed E-state index contributed by atoms with van der Waals surface area (Å²) in [6, 6.07) is 0.508. The van der Waals surface area contributed by atoms with Gasteiger partial charge in [-0.05, 0) is 46.1 Å². The van der Waals surface area contributed by atoms with Crippen LogP contribution in [0.4, 0.5) is 0 Å². The molecule has 1 aliphatic heterocycles. The summed E-state index contributed by atoms with van der Waals surface area (Å²) in [6.07, 6.45) is 2.38. The minimum Gasteiger partial charge on any atom is -0.462 e. The van der Waals surface area contributed by atoms with Gasteiger partial charge in [0.15, 0.2) is 0 Å². The molecule has 0 saturated carbocycles. The molecule has 0 aromatic rings. The van der Waals surface area contributed by atoms with E-state index in [9.17, 15) is 4.79 Å². The minimum atomic E-state index is -0.0913. The van der Waals surface area contributed by atoms with Gasteiger partial charge in [0.1, 0.15) is 0 Å². The topological polar surface area (TPSA) is 29.5 Å². The summed E-state index contributed by atoms with van der Waals surface area (Å²) in [5, 5.41) is 0. The summed E-state index contributed by atoms with van der Waals surface area (Å²) in [5.74, 6) is 0.698. The summed E-state index contributed by atoms with van der Waals surface area (Å²) < 4.78 is 5.15. The molecule has 0 amide bonds. The molecule has 0 aromatic carbocycles. The highest BCUT2D eigenvalue weighted by Crippen LogP contribution is 2.21. The van der Waals surface area contributed by atoms with Crippen LogP contribution in [0.1, 0.15) is 40.5 Å². The van der Waals surface area contributed by atoms with Crippen molar-refractivity contribution in [1.82, 2.24) is 4.90 Å². The molecular weight excluding hydrogens is 190 g/mol. The van der Waals surface area contributed by atoms with Crippen molar-refractivity contribution >= 4 is 5.97 Å². The first-order valence-corrected chi connectivity index (χ1v) is 5.92. The Labute approximate surface area is 92.8 Å². The lowest BCUT2D eigenvalue weighted by molar-refractivity contribution is -0.149. The molecule has 0 bridgehead atoms. The monoisotopic (exact) mass is 213 g/mol. The maximum Gasteiger partial charge on any atom is 0.320 e. The number of hydrogen-bond donors (Lipinski definition) is 0. The Kier molecular flexibility index (Phi) is 4.58. The second-order valence-corrected chi connectivity index (χ2v) is 4.99. The van der Waals surface area contributed by atoms with Gasteiger partial charge in [-0.15, -0.1) is 0 Å². The predicted octanol–water partition coefficient (Wildman–Crippen LogP) is 2.06. The first kappa shape index (κ1) is 12.5. The molecule has 2 unspecified atom stereocenters. The quantitative estimate of drug-likeness (QED) is 0.672. The molecule has 88 valence electrons. The molecule has 2 atom stereocenters. The van der Waals surface area contributed by atoms with Crippen molar-refractivity contribution in [3.05, 3.63) is 0 Å². The lowest BCUT2D eigenvalue weighted by Crippen LogP contribution is -2.43. The van der Waals surface area contributed by atoms with Gasteiger partial charge >= 0.3 is 5.97 Å². The van der Waals surface area contributed by atoms with Crippen molar-refractivity contribution in [2.45, 2.75) is 52.7 Å². The number of esters is 1. The van der Waals surface area contributed by atoms with E-state index >= 15 is 0 Å². The predicted molar refractivity (Wildman–Crippen MR) is 60.7 cm³/mol. The van der Waals surface area contributed by atoms with Gasteiger partial charge in [-0.1, -0.05) is 6.92 Å². The van der Waals surface area contributed by atoms with Crippen LogP contribution in [-0.4, -0.2) is 36.1 Å². The van der Waals surface area contributed by atoms with Crippen LogP contribution in [0.15, 0.2) is 0 Å². The van der Waals surface area contributed by atoms with E-state index in [0.717, 1.165) is 12.5 Å². The van der Waals surface area contributed by atoms with Crippen LogP contribution < -0.4 is 0 Å². The van der Waals surface area contributed by atoms with E-state index in [0.29, 0.717) is 12.6 Å². The fourth-order valence-electron chi connectivity index (χ4n) is 2.16. The molecule has 1 aliphatic rings. The third-order valence-corrected chi connectivity index (χ3v) is 2.98. The van der Waals surface area contributed by atoms with E-state index in [1.165, 1.54) is 12.8 Å². The van der Waals surface area contributed by atoms with Gasteiger partial charge in [0.05, 0.1) is 12.6 Å². The fraction of sp³-hybridized carbons (Fsp3) is 0.917. The standard InChI is InChI=1S/C12H23NO2/c1-9(2)15-12(14)8-13-6-5-10(3)7-11(13)4/h9-11H,5-8H2,1-4H3. The molecule has 15 heavy (non-hydrogen) atoms. The molecule has 0 aromatic heterocycles. The number of nitrogens with zero attached hydrogens (tertiary/aromatic N) is 1. The van der Waals surface area contributed by atoms with Gasteiger partial charge in [-0.25, -0.2) is 0 Å². The zero-order valence-electron chi connectivity index (χ0n) is 10.3. The average molecular weight is 213 g/mol. The van der Waals surface area contributed by atoms with E-state index in [1.807, 2.05) is 13.8 Å². The minimum absolute atomic E-state index is 0.00322. The second kappa shape index (κ2) is 5.50. The Morgan fingerprint density at radius 3 is 2.67 bits per heavy atom. The molecule has 3 heteroatoms. The van der Waals surface area contributed by atoms with Gasteiger partial charge in [-0.3, -0.25) is 9.69 Å². The molecular formula is C12H23NO2. The number of carbonyl (C=O) groups excluding carboxylic acids is 1. The summed E-state index contributed by atoms with van der Waals surface area (Å²) in [6.45, 7) is 9.72. The van der Waals surface area contributed by atoms with Gasteiger partial charge in [0.25, 0.3) is 0 Å². The lowest BCUT2D eigenvalue weighted by Gasteiger charge is -2.35. The summed E-state index contributed by atoms with van der Waals surface area (Å²) in [4.78, 5) is 13.7. The number of carbonyl (C=O) groups is 1. The maximum absolute atomic E-state index is 11.5. The Morgan fingerprint density at radius 1 is 1.47 bits per heavy atom. The number of hydrogen-bond acceptors (Lipinski definition) is 3. The van der Waals surface area contributed by atoms with Gasteiger partial charge < -0.3 is 4.74 Å². The van der Waals surface area contributed by atoms with E-state index in [-0.39, 0.29) is 12.1 Å². The first-order chi connectivity index (χ1) is 6.99. The molecule has 0 radical (unpaired) electrons. The van der Waals surface area contributed by atoms with Crippen LogP contribution in [0.3, 0.4) is 0 Å². The van der Waals surface area contributed by atoms with E-state index < -0.39 is 0 Å². The summed E-state index contributed by atoms with van der Waals surface area (Å²) in [5.41, 5.74) is 0. The smallest absolute Gasteiger partial charge is 0.320 e. The molecule has 1 rings (SSSR count). The molecule has 0 spiro atoms. The number of ether oxygens (including phenoxy) is 1. The largest absolute Gasteiger partial charge is 0.462 e. The van der Waals surface area contributed by atoms with Crippen molar-refractivity contribution in [2.75, 3.05) is 13.1 Å². The average Bonchev–Trinajstić information content (AvgIpc) is 2.08. The van der Waals surface area contributed by atoms with Crippen LogP contribution in [-0.2, 0) is 9.53 Å². The number of piperidine rings is 1. The van der Waals surface area contributed by atoms with Gasteiger partial charge in [0, 0.05) is 6.04 Å². The highest BCUT2D eigenvalue weighted by Gasteiger charge is 2.24. The van der Waals surface area contributed by atoms with Crippen LogP contribution in [0.5, 0.6) is 0 Å². The van der Waals surface area contributed by atoms with Crippen molar-refractivity contribution < 1.29 is 9.53 Å². The zero-order valence-corrected chi connectivity index (χ0v) is 10.3. The van der Waals surface area contributed by atoms with Crippen molar-refractivity contribution in [1.29, 1.82) is 0 Å². The highest BCUT2D eigenvalue weighted by molar-refractivity contribution is 5.71. The van der Waals surface area contributed by atoms with Crippen LogP contribution in [0, 0.1) is 5.92 Å². The SMILES string of the molecule is CC1CCN(CC(=O)OC(C)C)C(C)C1. The van der Waals surface area contributed by atoms with Crippen LogP contribution >= 0.6 is 0 Å². The third kappa shape index (κ3) is 4.20. The van der Waals surface area contributed by atoms with Gasteiger partial charge in [-0.2, -0.15) is 0 Å². The third-order valence-electron chi connectivity index (χ3n) is 2.98. The Balaban J connectivity index is 2.34. The molecule has 1 heterocycles. The fourth-order valence-corrected chi connectivity index (χ4v) is 2.16. The van der Waals surface area contributed by atoms with E-state index in [4.69, 9.17) is 4.74 Å². The van der Waals surface area contributed by atoms with Crippen LogP contribution in [0.25, 0.3) is 0 Å². The molecule has 1 saturated heterocycles. The zero-order chi connectivity index (χ0) is 11.4. The van der Waals surface area contributed by atoms with Crippen LogP contribution in [0.2, 0.25) is 0 Å². The Bertz CT molecular complexity index is 216. The lowest BCUT2D eigenvalue weighted by atomic mass is 9.93. The van der Waals surface area contributed by atoms with E-state index in [1.54, 1.807) is 0 Å². The Hall–Kier alpha value is -0.570. The molecule has 0 N–H and O–H groups in total. The summed E-state index contributed by atoms with van der Waals surface area (Å²) >= 11 is 0. The normalized spacial score (nSPS) is 28.1. The van der Waals surface area contributed by atoms with Crippen molar-refractivity contribution in [3.63, 3.8) is 0 Å². The molecule has 3 nitrogen and oxygen atoms in total.